The van der Waals surface area contributed by atoms with E-state index < -0.39 is 29.7 Å². The summed E-state index contributed by atoms with van der Waals surface area (Å²) in [4.78, 5) is 37.6. The van der Waals surface area contributed by atoms with Gasteiger partial charge in [0.25, 0.3) is 0 Å². The molecular formula is C13H22N2O6. The molecule has 21 heavy (non-hydrogen) atoms. The van der Waals surface area contributed by atoms with Crippen LogP contribution in [0.25, 0.3) is 0 Å². The smallest absolute Gasteiger partial charge is 0.411 e. The predicted octanol–water partition coefficient (Wildman–Crippen LogP) is 0.165. The van der Waals surface area contributed by atoms with E-state index in [4.69, 9.17) is 14.6 Å². The Morgan fingerprint density at radius 3 is 2.33 bits per heavy atom. The van der Waals surface area contributed by atoms with Gasteiger partial charge in [0.2, 0.25) is 0 Å². The number of esters is 1. The first-order chi connectivity index (χ1) is 9.64. The molecule has 8 nitrogen and oxygen atoms in total. The minimum absolute atomic E-state index is 0.109. The average molecular weight is 302 g/mol. The second kappa shape index (κ2) is 6.75. The van der Waals surface area contributed by atoms with E-state index in [2.05, 4.69) is 0 Å². The van der Waals surface area contributed by atoms with E-state index >= 15 is 0 Å². The van der Waals surface area contributed by atoms with Crippen LogP contribution >= 0.6 is 0 Å². The van der Waals surface area contributed by atoms with Crippen molar-refractivity contribution in [1.82, 2.24) is 9.80 Å². The number of rotatable bonds is 3. The summed E-state index contributed by atoms with van der Waals surface area (Å²) in [6, 6.07) is -0.863. The van der Waals surface area contributed by atoms with Crippen LogP contribution in [-0.2, 0) is 19.1 Å². The van der Waals surface area contributed by atoms with Crippen LogP contribution in [0.1, 0.15) is 20.8 Å². The molecule has 1 aliphatic rings. The van der Waals surface area contributed by atoms with Gasteiger partial charge in [-0.1, -0.05) is 0 Å². The molecule has 0 bridgehead atoms. The van der Waals surface area contributed by atoms with Crippen molar-refractivity contribution in [3.63, 3.8) is 0 Å². The molecule has 0 radical (unpaired) electrons. The highest BCUT2D eigenvalue weighted by atomic mass is 16.6. The summed E-state index contributed by atoms with van der Waals surface area (Å²) in [6.07, 6.45) is -0.604. The maximum absolute atomic E-state index is 12.1. The monoisotopic (exact) mass is 302 g/mol. The number of amides is 1. The molecule has 0 aromatic carbocycles. The molecule has 1 atom stereocenters. The Bertz CT molecular complexity index is 417. The number of nitrogens with zero attached hydrogens (tertiary/aromatic N) is 2. The number of piperazine rings is 1. The Kier molecular flexibility index (Phi) is 5.54. The van der Waals surface area contributed by atoms with Gasteiger partial charge in [-0.25, -0.2) is 9.59 Å². The van der Waals surface area contributed by atoms with E-state index in [1.807, 2.05) is 0 Å². The third kappa shape index (κ3) is 5.22. The summed E-state index contributed by atoms with van der Waals surface area (Å²) >= 11 is 0. The summed E-state index contributed by atoms with van der Waals surface area (Å²) in [5, 5.41) is 8.81. The fourth-order valence-corrected chi connectivity index (χ4v) is 2.05. The van der Waals surface area contributed by atoms with Gasteiger partial charge < -0.3 is 14.6 Å². The van der Waals surface area contributed by atoms with E-state index in [1.54, 1.807) is 25.7 Å². The van der Waals surface area contributed by atoms with Gasteiger partial charge in [-0.3, -0.25) is 14.6 Å². The number of carbonyl (C=O) groups is 3. The van der Waals surface area contributed by atoms with E-state index in [0.717, 1.165) is 0 Å². The molecule has 120 valence electrons. The van der Waals surface area contributed by atoms with Crippen LogP contribution in [0.5, 0.6) is 0 Å². The zero-order valence-corrected chi connectivity index (χ0v) is 12.8. The SMILES string of the molecule is COC(=O)[C@H]1CN(CC(=O)O)CCN1C(=O)OC(C)(C)C. The Morgan fingerprint density at radius 2 is 1.86 bits per heavy atom. The maximum Gasteiger partial charge on any atom is 0.411 e. The Hall–Kier alpha value is -1.83. The molecule has 0 aliphatic carbocycles. The highest BCUT2D eigenvalue weighted by Gasteiger charge is 2.38. The third-order valence-electron chi connectivity index (χ3n) is 2.92. The molecule has 0 aromatic rings. The van der Waals surface area contributed by atoms with Gasteiger partial charge in [0, 0.05) is 19.6 Å². The molecule has 0 aromatic heterocycles. The molecule has 1 N–H and O–H groups in total. The van der Waals surface area contributed by atoms with Crippen LogP contribution in [0.3, 0.4) is 0 Å². The normalized spacial score (nSPS) is 20.0. The summed E-state index contributed by atoms with van der Waals surface area (Å²) in [6.45, 7) is 5.70. The van der Waals surface area contributed by atoms with Crippen LogP contribution in [0.2, 0.25) is 0 Å². The summed E-state index contributed by atoms with van der Waals surface area (Å²) in [5.74, 6) is -1.57. The van der Waals surface area contributed by atoms with Crippen molar-refractivity contribution in [3.05, 3.63) is 0 Å². The Balaban J connectivity index is 2.81. The lowest BCUT2D eigenvalue weighted by molar-refractivity contribution is -0.151. The topological polar surface area (TPSA) is 96.4 Å². The highest BCUT2D eigenvalue weighted by Crippen LogP contribution is 2.16. The zero-order chi connectivity index (χ0) is 16.2. The number of hydrogen-bond acceptors (Lipinski definition) is 6. The third-order valence-corrected chi connectivity index (χ3v) is 2.92. The quantitative estimate of drug-likeness (QED) is 0.742. The summed E-state index contributed by atoms with van der Waals surface area (Å²) in [7, 11) is 1.23. The average Bonchev–Trinajstić information content (AvgIpc) is 2.34. The number of ether oxygens (including phenoxy) is 2. The molecule has 1 fully saturated rings. The zero-order valence-electron chi connectivity index (χ0n) is 12.8. The van der Waals surface area contributed by atoms with Crippen molar-refractivity contribution in [1.29, 1.82) is 0 Å². The molecule has 1 heterocycles. The summed E-state index contributed by atoms with van der Waals surface area (Å²) in [5.41, 5.74) is -0.671. The molecule has 1 saturated heterocycles. The summed E-state index contributed by atoms with van der Waals surface area (Å²) < 4.78 is 9.95. The van der Waals surface area contributed by atoms with Crippen LogP contribution in [0.4, 0.5) is 4.79 Å². The largest absolute Gasteiger partial charge is 0.480 e. The first kappa shape index (κ1) is 17.2. The molecule has 1 amide bonds. The van der Waals surface area contributed by atoms with Crippen molar-refractivity contribution in [3.8, 4) is 0 Å². The van der Waals surface area contributed by atoms with Gasteiger partial charge in [-0.2, -0.15) is 0 Å². The van der Waals surface area contributed by atoms with Gasteiger partial charge in [0.05, 0.1) is 13.7 Å². The van der Waals surface area contributed by atoms with Crippen molar-refractivity contribution in [2.45, 2.75) is 32.4 Å². The van der Waals surface area contributed by atoms with Crippen LogP contribution < -0.4 is 0 Å². The van der Waals surface area contributed by atoms with Gasteiger partial charge in [-0.05, 0) is 20.8 Å². The fourth-order valence-electron chi connectivity index (χ4n) is 2.05. The molecular weight excluding hydrogens is 280 g/mol. The molecule has 1 rings (SSSR count). The first-order valence-corrected chi connectivity index (χ1v) is 6.65. The van der Waals surface area contributed by atoms with Crippen molar-refractivity contribution < 1.29 is 29.0 Å². The number of methoxy groups -OCH3 is 1. The number of hydrogen-bond donors (Lipinski definition) is 1. The van der Waals surface area contributed by atoms with Crippen molar-refractivity contribution in [2.24, 2.45) is 0 Å². The number of carboxylic acids is 1. The Labute approximate surface area is 123 Å². The Morgan fingerprint density at radius 1 is 1.24 bits per heavy atom. The van der Waals surface area contributed by atoms with Gasteiger partial charge in [-0.15, -0.1) is 0 Å². The van der Waals surface area contributed by atoms with Crippen molar-refractivity contribution in [2.75, 3.05) is 33.3 Å². The molecule has 8 heteroatoms. The predicted molar refractivity (Wildman–Crippen MR) is 72.8 cm³/mol. The van der Waals surface area contributed by atoms with E-state index in [9.17, 15) is 14.4 Å². The maximum atomic E-state index is 12.1. The van der Waals surface area contributed by atoms with Crippen LogP contribution in [0.15, 0.2) is 0 Å². The van der Waals surface area contributed by atoms with Crippen LogP contribution in [-0.4, -0.2) is 77.9 Å². The van der Waals surface area contributed by atoms with Gasteiger partial charge in [0.15, 0.2) is 0 Å². The van der Waals surface area contributed by atoms with E-state index in [1.165, 1.54) is 12.0 Å². The molecule has 0 spiro atoms. The lowest BCUT2D eigenvalue weighted by Crippen LogP contribution is -2.59. The van der Waals surface area contributed by atoms with E-state index in [0.29, 0.717) is 6.54 Å². The number of carbonyl (C=O) groups excluding carboxylic acids is 2. The lowest BCUT2D eigenvalue weighted by Gasteiger charge is -2.39. The second-order valence-corrected chi connectivity index (χ2v) is 5.84. The molecule has 1 aliphatic heterocycles. The molecule has 0 saturated carbocycles. The fraction of sp³-hybridized carbons (Fsp3) is 0.769. The van der Waals surface area contributed by atoms with Crippen molar-refractivity contribution >= 4 is 18.0 Å². The van der Waals surface area contributed by atoms with Crippen LogP contribution in [0, 0.1) is 0 Å². The van der Waals surface area contributed by atoms with Gasteiger partial charge in [0.1, 0.15) is 11.6 Å². The lowest BCUT2D eigenvalue weighted by atomic mass is 10.1. The minimum Gasteiger partial charge on any atom is -0.480 e. The minimum atomic E-state index is -0.982. The highest BCUT2D eigenvalue weighted by molar-refractivity contribution is 5.82. The van der Waals surface area contributed by atoms with Gasteiger partial charge >= 0.3 is 18.0 Å². The van der Waals surface area contributed by atoms with E-state index in [-0.39, 0.29) is 19.6 Å². The number of aliphatic carboxylic acids is 1. The number of carboxylic acid groups (broad SMARTS) is 1. The molecule has 0 unspecified atom stereocenters. The second-order valence-electron chi connectivity index (χ2n) is 5.84. The first-order valence-electron chi connectivity index (χ1n) is 6.65. The standard InChI is InChI=1S/C13H22N2O6/c1-13(2,3)21-12(19)15-6-5-14(8-10(16)17)7-9(15)11(18)20-4/h9H,5-8H2,1-4H3,(H,16,17)/t9-/m1/s1.